The maximum Gasteiger partial charge on any atom is 0.253 e. The number of nitrogens with zero attached hydrogens (tertiary/aromatic N) is 2. The van der Waals surface area contributed by atoms with E-state index in [1.807, 2.05) is 12.1 Å². The number of aromatic nitrogens is 1. The van der Waals surface area contributed by atoms with E-state index in [-0.39, 0.29) is 16.8 Å². The van der Waals surface area contributed by atoms with Crippen molar-refractivity contribution in [3.05, 3.63) is 59.9 Å². The number of rotatable bonds is 6. The number of hydrogen-bond acceptors (Lipinski definition) is 4. The van der Waals surface area contributed by atoms with Gasteiger partial charge in [-0.05, 0) is 42.7 Å². The SMILES string of the molecule is CN(Cc1cccnc1)C(=O)c1cccc(S(=O)(=O)NC2CCCC2)c1. The van der Waals surface area contributed by atoms with Gasteiger partial charge in [0.1, 0.15) is 0 Å². The molecule has 7 heteroatoms. The van der Waals surface area contributed by atoms with Gasteiger partial charge in [-0.3, -0.25) is 9.78 Å². The van der Waals surface area contributed by atoms with Gasteiger partial charge in [-0.15, -0.1) is 0 Å². The van der Waals surface area contributed by atoms with Crippen LogP contribution in [0.25, 0.3) is 0 Å². The summed E-state index contributed by atoms with van der Waals surface area (Å²) in [5.74, 6) is -0.230. The zero-order valence-electron chi connectivity index (χ0n) is 14.8. The predicted molar refractivity (Wildman–Crippen MR) is 99.1 cm³/mol. The molecule has 0 bridgehead atoms. The first kappa shape index (κ1) is 18.5. The Balaban J connectivity index is 1.74. The summed E-state index contributed by atoms with van der Waals surface area (Å²) < 4.78 is 27.9. The van der Waals surface area contributed by atoms with Gasteiger partial charge in [0, 0.05) is 37.6 Å². The molecule has 138 valence electrons. The second-order valence-electron chi connectivity index (χ2n) is 6.65. The Morgan fingerprint density at radius 3 is 2.69 bits per heavy atom. The number of carbonyl (C=O) groups excluding carboxylic acids is 1. The molecule has 1 amide bonds. The molecular weight excluding hydrogens is 350 g/mol. The third-order valence-electron chi connectivity index (χ3n) is 4.56. The quantitative estimate of drug-likeness (QED) is 0.844. The summed E-state index contributed by atoms with van der Waals surface area (Å²) >= 11 is 0. The van der Waals surface area contributed by atoms with Gasteiger partial charge in [0.25, 0.3) is 5.91 Å². The van der Waals surface area contributed by atoms with Gasteiger partial charge >= 0.3 is 0 Å². The van der Waals surface area contributed by atoms with E-state index in [9.17, 15) is 13.2 Å². The zero-order chi connectivity index (χ0) is 18.6. The molecular formula is C19H23N3O3S. The second kappa shape index (κ2) is 7.97. The van der Waals surface area contributed by atoms with E-state index in [1.54, 1.807) is 36.5 Å². The van der Waals surface area contributed by atoms with E-state index >= 15 is 0 Å². The molecule has 6 nitrogen and oxygen atoms in total. The normalized spacial score (nSPS) is 15.1. The van der Waals surface area contributed by atoms with Crippen LogP contribution in [0, 0.1) is 0 Å². The lowest BCUT2D eigenvalue weighted by atomic mass is 10.2. The molecule has 1 saturated carbocycles. The molecule has 1 aromatic carbocycles. The molecule has 1 aliphatic carbocycles. The van der Waals surface area contributed by atoms with Crippen LogP contribution in [-0.2, 0) is 16.6 Å². The highest BCUT2D eigenvalue weighted by Gasteiger charge is 2.24. The topological polar surface area (TPSA) is 79.4 Å². The van der Waals surface area contributed by atoms with Crippen LogP contribution in [0.1, 0.15) is 41.6 Å². The van der Waals surface area contributed by atoms with Crippen molar-refractivity contribution in [2.24, 2.45) is 0 Å². The molecule has 1 N–H and O–H groups in total. The molecule has 1 fully saturated rings. The fourth-order valence-electron chi connectivity index (χ4n) is 3.19. The monoisotopic (exact) mass is 373 g/mol. The summed E-state index contributed by atoms with van der Waals surface area (Å²) in [4.78, 5) is 18.4. The van der Waals surface area contributed by atoms with E-state index in [2.05, 4.69) is 9.71 Å². The van der Waals surface area contributed by atoms with Crippen LogP contribution in [-0.4, -0.2) is 37.3 Å². The smallest absolute Gasteiger partial charge is 0.253 e. The molecule has 3 rings (SSSR count). The van der Waals surface area contributed by atoms with Crippen molar-refractivity contribution < 1.29 is 13.2 Å². The number of pyridine rings is 1. The van der Waals surface area contributed by atoms with Gasteiger partial charge in [0.15, 0.2) is 0 Å². The second-order valence-corrected chi connectivity index (χ2v) is 8.37. The minimum absolute atomic E-state index is 0.00684. The Hall–Kier alpha value is -2.25. The third-order valence-corrected chi connectivity index (χ3v) is 6.08. The van der Waals surface area contributed by atoms with E-state index in [0.717, 1.165) is 31.2 Å². The fourth-order valence-corrected chi connectivity index (χ4v) is 4.54. The van der Waals surface area contributed by atoms with E-state index in [1.165, 1.54) is 12.1 Å². The van der Waals surface area contributed by atoms with Crippen LogP contribution in [0.2, 0.25) is 0 Å². The first-order chi connectivity index (χ1) is 12.5. The van der Waals surface area contributed by atoms with Gasteiger partial charge in [0.2, 0.25) is 10.0 Å². The Bertz CT molecular complexity index is 863. The Kier molecular flexibility index (Phi) is 5.68. The van der Waals surface area contributed by atoms with Crippen LogP contribution >= 0.6 is 0 Å². The average molecular weight is 373 g/mol. The van der Waals surface area contributed by atoms with Crippen molar-refractivity contribution in [1.82, 2.24) is 14.6 Å². The minimum atomic E-state index is -3.62. The van der Waals surface area contributed by atoms with Gasteiger partial charge in [-0.25, -0.2) is 13.1 Å². The molecule has 0 radical (unpaired) electrons. The summed E-state index contributed by atoms with van der Waals surface area (Å²) in [5.41, 5.74) is 1.26. The van der Waals surface area contributed by atoms with Crippen molar-refractivity contribution in [3.8, 4) is 0 Å². The van der Waals surface area contributed by atoms with Crippen molar-refractivity contribution in [1.29, 1.82) is 0 Å². The molecule has 0 spiro atoms. The van der Waals surface area contributed by atoms with Crippen molar-refractivity contribution in [2.75, 3.05) is 7.05 Å². The van der Waals surface area contributed by atoms with Crippen LogP contribution in [0.5, 0.6) is 0 Å². The lowest BCUT2D eigenvalue weighted by molar-refractivity contribution is 0.0784. The molecule has 0 atom stereocenters. The van der Waals surface area contributed by atoms with Crippen molar-refractivity contribution >= 4 is 15.9 Å². The predicted octanol–water partition coefficient (Wildman–Crippen LogP) is 2.57. The Labute approximate surface area is 154 Å². The number of hydrogen-bond donors (Lipinski definition) is 1. The Morgan fingerprint density at radius 2 is 2.00 bits per heavy atom. The summed E-state index contributed by atoms with van der Waals surface area (Å²) in [6.45, 7) is 0.407. The minimum Gasteiger partial charge on any atom is -0.337 e. The molecule has 0 aliphatic heterocycles. The lowest BCUT2D eigenvalue weighted by Gasteiger charge is -2.18. The highest BCUT2D eigenvalue weighted by Crippen LogP contribution is 2.21. The van der Waals surface area contributed by atoms with Gasteiger partial charge < -0.3 is 4.90 Å². The van der Waals surface area contributed by atoms with Crippen molar-refractivity contribution in [2.45, 2.75) is 43.2 Å². The van der Waals surface area contributed by atoms with Crippen molar-refractivity contribution in [3.63, 3.8) is 0 Å². The first-order valence-electron chi connectivity index (χ1n) is 8.72. The molecule has 0 saturated heterocycles. The molecule has 1 aromatic heterocycles. The summed E-state index contributed by atoms with van der Waals surface area (Å²) in [5, 5.41) is 0. The number of amides is 1. The van der Waals surface area contributed by atoms with E-state index < -0.39 is 10.0 Å². The zero-order valence-corrected chi connectivity index (χ0v) is 15.6. The highest BCUT2D eigenvalue weighted by molar-refractivity contribution is 7.89. The number of carbonyl (C=O) groups is 1. The molecule has 1 heterocycles. The van der Waals surface area contributed by atoms with Gasteiger partial charge in [-0.2, -0.15) is 0 Å². The van der Waals surface area contributed by atoms with E-state index in [0.29, 0.717) is 12.1 Å². The number of benzene rings is 1. The van der Waals surface area contributed by atoms with Gasteiger partial charge in [0.05, 0.1) is 4.90 Å². The highest BCUT2D eigenvalue weighted by atomic mass is 32.2. The molecule has 1 aliphatic rings. The third kappa shape index (κ3) is 4.47. The maximum atomic E-state index is 12.7. The molecule has 2 aromatic rings. The molecule has 0 unspecified atom stereocenters. The fraction of sp³-hybridized carbons (Fsp3) is 0.368. The molecule has 26 heavy (non-hydrogen) atoms. The summed E-state index contributed by atoms with van der Waals surface area (Å²) in [6.07, 6.45) is 7.21. The van der Waals surface area contributed by atoms with Gasteiger partial charge in [-0.1, -0.05) is 25.0 Å². The van der Waals surface area contributed by atoms with Crippen LogP contribution < -0.4 is 4.72 Å². The standard InChI is InChI=1S/C19H23N3O3S/c1-22(14-15-6-5-11-20-13-15)19(23)16-7-4-10-18(12-16)26(24,25)21-17-8-2-3-9-17/h4-7,10-13,17,21H,2-3,8-9,14H2,1H3. The van der Waals surface area contributed by atoms with Crippen LogP contribution in [0.15, 0.2) is 53.7 Å². The lowest BCUT2D eigenvalue weighted by Crippen LogP contribution is -2.33. The van der Waals surface area contributed by atoms with Crippen LogP contribution in [0.4, 0.5) is 0 Å². The Morgan fingerprint density at radius 1 is 1.23 bits per heavy atom. The largest absolute Gasteiger partial charge is 0.337 e. The number of sulfonamides is 1. The number of nitrogens with one attached hydrogen (secondary N) is 1. The van der Waals surface area contributed by atoms with E-state index in [4.69, 9.17) is 0 Å². The summed E-state index contributed by atoms with van der Waals surface area (Å²) in [6, 6.07) is 9.91. The first-order valence-corrected chi connectivity index (χ1v) is 10.2. The van der Waals surface area contributed by atoms with Crippen LogP contribution in [0.3, 0.4) is 0 Å². The maximum absolute atomic E-state index is 12.7. The summed E-state index contributed by atoms with van der Waals surface area (Å²) in [7, 11) is -1.93. The average Bonchev–Trinajstić information content (AvgIpc) is 3.14.